The van der Waals surface area contributed by atoms with Gasteiger partial charge in [-0.2, -0.15) is 0 Å². The first kappa shape index (κ1) is 24.2. The molecule has 1 amide bonds. The van der Waals surface area contributed by atoms with Crippen LogP contribution in [-0.2, 0) is 6.54 Å². The van der Waals surface area contributed by atoms with Gasteiger partial charge < -0.3 is 20.3 Å². The summed E-state index contributed by atoms with van der Waals surface area (Å²) in [6.07, 6.45) is 1.90. The topological polar surface area (TPSA) is 72.8 Å². The highest BCUT2D eigenvalue weighted by atomic mass is 16.4. The number of carbonyl (C=O) groups is 1. The first-order chi connectivity index (χ1) is 16.4. The molecule has 3 N–H and O–H groups in total. The predicted molar refractivity (Wildman–Crippen MR) is 138 cm³/mol. The van der Waals surface area contributed by atoms with Gasteiger partial charge in [-0.1, -0.05) is 74.5 Å². The van der Waals surface area contributed by atoms with Gasteiger partial charge in [-0.05, 0) is 58.6 Å². The van der Waals surface area contributed by atoms with E-state index in [1.54, 1.807) is 12.1 Å². The van der Waals surface area contributed by atoms with E-state index in [2.05, 4.69) is 43.4 Å². The van der Waals surface area contributed by atoms with Crippen molar-refractivity contribution in [2.24, 2.45) is 0 Å². The Labute approximate surface area is 202 Å². The second-order valence-corrected chi connectivity index (χ2v) is 9.39. The molecule has 1 aliphatic rings. The lowest BCUT2D eigenvalue weighted by Gasteiger charge is -2.32. The van der Waals surface area contributed by atoms with E-state index >= 15 is 0 Å². The van der Waals surface area contributed by atoms with Crippen molar-refractivity contribution in [2.45, 2.75) is 45.2 Å². The van der Waals surface area contributed by atoms with Crippen LogP contribution in [0, 0.1) is 0 Å². The van der Waals surface area contributed by atoms with Gasteiger partial charge in [-0.15, -0.1) is 0 Å². The van der Waals surface area contributed by atoms with Crippen LogP contribution in [0.5, 0.6) is 0 Å². The summed E-state index contributed by atoms with van der Waals surface area (Å²) < 4.78 is 0. The molecule has 0 radical (unpaired) electrons. The molecule has 0 saturated carbocycles. The van der Waals surface area contributed by atoms with E-state index in [4.69, 9.17) is 0 Å². The summed E-state index contributed by atoms with van der Waals surface area (Å²) in [6, 6.07) is 23.9. The molecule has 0 unspecified atom stereocenters. The number of piperidine rings is 1. The second kappa shape index (κ2) is 11.0. The van der Waals surface area contributed by atoms with Crippen molar-refractivity contribution in [1.29, 1.82) is 0 Å². The minimum atomic E-state index is -1.56. The van der Waals surface area contributed by atoms with Crippen molar-refractivity contribution >= 4 is 18.5 Å². The van der Waals surface area contributed by atoms with Crippen molar-refractivity contribution in [3.05, 3.63) is 89.5 Å². The Morgan fingerprint density at radius 1 is 1.00 bits per heavy atom. The summed E-state index contributed by atoms with van der Waals surface area (Å²) in [7, 11) is -1.56. The molecular weight excluding hydrogens is 423 g/mol. The number of likely N-dealkylation sites (tertiary alicyclic amines) is 1. The second-order valence-electron chi connectivity index (χ2n) is 9.39. The average Bonchev–Trinajstić information content (AvgIpc) is 2.87. The van der Waals surface area contributed by atoms with E-state index in [0.29, 0.717) is 23.0 Å². The van der Waals surface area contributed by atoms with Gasteiger partial charge >= 0.3 is 7.12 Å². The molecule has 1 aliphatic heterocycles. The Morgan fingerprint density at radius 2 is 1.74 bits per heavy atom. The van der Waals surface area contributed by atoms with Crippen LogP contribution in [0.1, 0.15) is 54.1 Å². The van der Waals surface area contributed by atoms with Crippen molar-refractivity contribution in [3.8, 4) is 11.1 Å². The molecule has 0 aliphatic carbocycles. The molecule has 34 heavy (non-hydrogen) atoms. The molecule has 1 fully saturated rings. The minimum Gasteiger partial charge on any atom is -0.423 e. The van der Waals surface area contributed by atoms with Crippen LogP contribution >= 0.6 is 0 Å². The smallest absolute Gasteiger partial charge is 0.423 e. The first-order valence-corrected chi connectivity index (χ1v) is 12.1. The molecule has 3 aromatic carbocycles. The van der Waals surface area contributed by atoms with Crippen molar-refractivity contribution in [1.82, 2.24) is 10.2 Å². The van der Waals surface area contributed by atoms with Crippen LogP contribution in [0.4, 0.5) is 0 Å². The van der Waals surface area contributed by atoms with Crippen molar-refractivity contribution in [3.63, 3.8) is 0 Å². The maximum absolute atomic E-state index is 13.3. The zero-order valence-corrected chi connectivity index (χ0v) is 19.9. The Bertz CT molecular complexity index is 1120. The summed E-state index contributed by atoms with van der Waals surface area (Å²) in [5, 5.41) is 22.9. The quantitative estimate of drug-likeness (QED) is 0.476. The van der Waals surface area contributed by atoms with E-state index in [1.807, 2.05) is 41.3 Å². The normalized spacial score (nSPS) is 14.4. The molecule has 3 aromatic rings. The lowest BCUT2D eigenvalue weighted by molar-refractivity contribution is 0.0713. The van der Waals surface area contributed by atoms with Crippen LogP contribution in [0.15, 0.2) is 72.8 Å². The van der Waals surface area contributed by atoms with E-state index < -0.39 is 7.12 Å². The monoisotopic (exact) mass is 456 g/mol. The van der Waals surface area contributed by atoms with Crippen LogP contribution in [0.3, 0.4) is 0 Å². The summed E-state index contributed by atoms with van der Waals surface area (Å²) >= 11 is 0. The van der Waals surface area contributed by atoms with Gasteiger partial charge in [-0.3, -0.25) is 4.79 Å². The number of benzene rings is 3. The number of hydrogen-bond donors (Lipinski definition) is 3. The number of nitrogens with one attached hydrogen (secondary N) is 1. The SMILES string of the molecule is CC(C)NCc1cccc(C2CCN(C(=O)c3cccc(-c4ccccc4B(O)O)c3)CC2)c1. The van der Waals surface area contributed by atoms with Gasteiger partial charge in [0.1, 0.15) is 0 Å². The molecule has 0 aromatic heterocycles. The average molecular weight is 456 g/mol. The van der Waals surface area contributed by atoms with Gasteiger partial charge in [0.15, 0.2) is 0 Å². The highest BCUT2D eigenvalue weighted by Gasteiger charge is 2.25. The van der Waals surface area contributed by atoms with Crippen molar-refractivity contribution < 1.29 is 14.8 Å². The standard InChI is InChI=1S/C28H33BN2O3/c1-20(2)30-19-21-7-5-8-23(17-21)22-13-15-31(16-14-22)28(32)25-10-6-9-24(18-25)26-11-3-4-12-27(26)29(33)34/h3-12,17-18,20,22,30,33-34H,13-16,19H2,1-2H3. The van der Waals surface area contributed by atoms with E-state index in [-0.39, 0.29) is 5.91 Å². The number of rotatable bonds is 7. The highest BCUT2D eigenvalue weighted by Crippen LogP contribution is 2.30. The van der Waals surface area contributed by atoms with E-state index in [0.717, 1.165) is 43.6 Å². The summed E-state index contributed by atoms with van der Waals surface area (Å²) in [6.45, 7) is 6.64. The fourth-order valence-corrected chi connectivity index (χ4v) is 4.68. The van der Waals surface area contributed by atoms with Crippen LogP contribution < -0.4 is 10.8 Å². The van der Waals surface area contributed by atoms with Crippen molar-refractivity contribution in [2.75, 3.05) is 13.1 Å². The van der Waals surface area contributed by atoms with Gasteiger partial charge in [0.2, 0.25) is 0 Å². The van der Waals surface area contributed by atoms with E-state index in [9.17, 15) is 14.8 Å². The number of nitrogens with zero attached hydrogens (tertiary/aromatic N) is 1. The Morgan fingerprint density at radius 3 is 2.47 bits per heavy atom. The number of hydrogen-bond acceptors (Lipinski definition) is 4. The van der Waals surface area contributed by atoms with E-state index in [1.165, 1.54) is 11.1 Å². The van der Waals surface area contributed by atoms with Gasteiger partial charge in [0.05, 0.1) is 0 Å². The fraction of sp³-hybridized carbons (Fsp3) is 0.321. The highest BCUT2D eigenvalue weighted by molar-refractivity contribution is 6.60. The molecule has 0 atom stereocenters. The van der Waals surface area contributed by atoms with Crippen LogP contribution in [0.25, 0.3) is 11.1 Å². The number of carbonyl (C=O) groups excluding carboxylic acids is 1. The first-order valence-electron chi connectivity index (χ1n) is 12.1. The van der Waals surface area contributed by atoms with Gasteiger partial charge in [0.25, 0.3) is 5.91 Å². The Hall–Kier alpha value is -2.93. The van der Waals surface area contributed by atoms with Gasteiger partial charge in [0, 0.05) is 31.2 Å². The third-order valence-corrected chi connectivity index (χ3v) is 6.58. The third-order valence-electron chi connectivity index (χ3n) is 6.58. The fourth-order valence-electron chi connectivity index (χ4n) is 4.68. The summed E-state index contributed by atoms with van der Waals surface area (Å²) in [5.74, 6) is 0.490. The molecule has 1 heterocycles. The maximum Gasteiger partial charge on any atom is 0.489 e. The molecule has 6 heteroatoms. The predicted octanol–water partition coefficient (Wildman–Crippen LogP) is 3.55. The summed E-state index contributed by atoms with van der Waals surface area (Å²) in [4.78, 5) is 15.2. The zero-order chi connectivity index (χ0) is 24.1. The third kappa shape index (κ3) is 5.76. The Balaban J connectivity index is 1.43. The zero-order valence-electron chi connectivity index (χ0n) is 19.9. The lowest BCUT2D eigenvalue weighted by atomic mass is 9.75. The van der Waals surface area contributed by atoms with Crippen LogP contribution in [-0.4, -0.2) is 47.1 Å². The maximum atomic E-state index is 13.3. The van der Waals surface area contributed by atoms with Gasteiger partial charge in [-0.25, -0.2) is 0 Å². The Kier molecular flexibility index (Phi) is 7.83. The minimum absolute atomic E-state index is 0.0252. The lowest BCUT2D eigenvalue weighted by Crippen LogP contribution is -2.38. The molecule has 176 valence electrons. The largest absolute Gasteiger partial charge is 0.489 e. The molecule has 0 bridgehead atoms. The molecule has 0 spiro atoms. The summed E-state index contributed by atoms with van der Waals surface area (Å²) in [5.41, 5.74) is 5.23. The molecule has 4 rings (SSSR count). The van der Waals surface area contributed by atoms with Crippen LogP contribution in [0.2, 0.25) is 0 Å². The molecule has 5 nitrogen and oxygen atoms in total. The molecule has 1 saturated heterocycles. The number of amides is 1. The molecular formula is C28H33BN2O3.